The van der Waals surface area contributed by atoms with Gasteiger partial charge in [-0.3, -0.25) is 4.98 Å². The van der Waals surface area contributed by atoms with Crippen LogP contribution in [0.5, 0.6) is 5.75 Å². The van der Waals surface area contributed by atoms with Gasteiger partial charge in [-0.25, -0.2) is 0 Å². The molecule has 1 aromatic carbocycles. The Morgan fingerprint density at radius 1 is 1.20 bits per heavy atom. The summed E-state index contributed by atoms with van der Waals surface area (Å²) in [6, 6.07) is 9.65. The third-order valence-electron chi connectivity index (χ3n) is 2.95. The van der Waals surface area contributed by atoms with Crippen molar-refractivity contribution in [3.8, 4) is 5.75 Å². The highest BCUT2D eigenvalue weighted by molar-refractivity contribution is 6.31. The van der Waals surface area contributed by atoms with Crippen LogP contribution < -0.4 is 10.1 Å². The Morgan fingerprint density at radius 3 is 2.75 bits per heavy atom. The summed E-state index contributed by atoms with van der Waals surface area (Å²) in [5, 5.41) is 4.09. The maximum absolute atomic E-state index is 6.26. The van der Waals surface area contributed by atoms with Crippen LogP contribution in [0.4, 0.5) is 0 Å². The molecule has 20 heavy (non-hydrogen) atoms. The van der Waals surface area contributed by atoms with Crippen LogP contribution >= 0.6 is 11.6 Å². The molecule has 0 aliphatic heterocycles. The van der Waals surface area contributed by atoms with E-state index in [0.717, 1.165) is 41.4 Å². The van der Waals surface area contributed by atoms with Gasteiger partial charge < -0.3 is 10.1 Å². The molecule has 3 nitrogen and oxygen atoms in total. The van der Waals surface area contributed by atoms with Crippen molar-refractivity contribution < 1.29 is 4.74 Å². The first-order valence-electron chi connectivity index (χ1n) is 6.81. The van der Waals surface area contributed by atoms with Gasteiger partial charge in [0.15, 0.2) is 0 Å². The molecule has 0 saturated heterocycles. The lowest BCUT2D eigenvalue weighted by Crippen LogP contribution is -2.15. The van der Waals surface area contributed by atoms with Crippen molar-refractivity contribution in [2.75, 3.05) is 6.54 Å². The number of aromatic nitrogens is 1. The van der Waals surface area contributed by atoms with Crippen LogP contribution in [0.1, 0.15) is 24.5 Å². The summed E-state index contributed by atoms with van der Waals surface area (Å²) in [5.74, 6) is 0.831. The van der Waals surface area contributed by atoms with Gasteiger partial charge in [0.1, 0.15) is 12.4 Å². The number of halogens is 1. The lowest BCUT2D eigenvalue weighted by atomic mass is 10.2. The fourth-order valence-corrected chi connectivity index (χ4v) is 2.11. The maximum atomic E-state index is 6.26. The van der Waals surface area contributed by atoms with Crippen LogP contribution in [0.15, 0.2) is 42.7 Å². The zero-order valence-electron chi connectivity index (χ0n) is 11.6. The molecule has 0 saturated carbocycles. The van der Waals surface area contributed by atoms with Crippen molar-refractivity contribution in [1.82, 2.24) is 10.3 Å². The molecule has 106 valence electrons. The second-order valence-corrected chi connectivity index (χ2v) is 4.94. The van der Waals surface area contributed by atoms with Crippen molar-refractivity contribution in [1.29, 1.82) is 0 Å². The van der Waals surface area contributed by atoms with Gasteiger partial charge in [0.05, 0.1) is 0 Å². The average Bonchev–Trinajstić information content (AvgIpc) is 2.48. The molecule has 0 radical (unpaired) electrons. The summed E-state index contributed by atoms with van der Waals surface area (Å²) in [7, 11) is 0. The number of nitrogens with one attached hydrogen (secondary N) is 1. The van der Waals surface area contributed by atoms with Gasteiger partial charge in [0, 0.05) is 29.5 Å². The van der Waals surface area contributed by atoms with Gasteiger partial charge in [-0.05, 0) is 42.8 Å². The molecular formula is C16H19ClN2O. The summed E-state index contributed by atoms with van der Waals surface area (Å²) >= 11 is 6.26. The normalized spacial score (nSPS) is 10.5. The smallest absolute Gasteiger partial charge is 0.125 e. The Bertz CT molecular complexity index is 531. The number of ether oxygens (including phenoxy) is 1. The van der Waals surface area contributed by atoms with E-state index in [1.807, 2.05) is 30.3 Å². The van der Waals surface area contributed by atoms with E-state index >= 15 is 0 Å². The quantitative estimate of drug-likeness (QED) is 0.787. The minimum absolute atomic E-state index is 0.517. The molecule has 2 rings (SSSR count). The standard InChI is InChI=1S/C16H19ClN2O/c1-2-8-19-11-14-15(17)4-3-5-16(14)20-12-13-6-9-18-10-7-13/h3-7,9-10,19H,2,8,11-12H2,1H3. The number of hydrogen-bond donors (Lipinski definition) is 1. The molecule has 0 aliphatic rings. The fourth-order valence-electron chi connectivity index (χ4n) is 1.88. The second kappa shape index (κ2) is 7.88. The number of benzene rings is 1. The fraction of sp³-hybridized carbons (Fsp3) is 0.312. The van der Waals surface area contributed by atoms with Crippen LogP contribution in [-0.4, -0.2) is 11.5 Å². The molecule has 0 atom stereocenters. The lowest BCUT2D eigenvalue weighted by molar-refractivity contribution is 0.302. The van der Waals surface area contributed by atoms with Gasteiger partial charge in [-0.15, -0.1) is 0 Å². The zero-order chi connectivity index (χ0) is 14.2. The minimum Gasteiger partial charge on any atom is -0.489 e. The molecule has 1 aromatic heterocycles. The van der Waals surface area contributed by atoms with Gasteiger partial charge in [-0.1, -0.05) is 24.6 Å². The summed E-state index contributed by atoms with van der Waals surface area (Å²) < 4.78 is 5.88. The van der Waals surface area contributed by atoms with Crippen LogP contribution in [-0.2, 0) is 13.2 Å². The van der Waals surface area contributed by atoms with E-state index in [-0.39, 0.29) is 0 Å². The minimum atomic E-state index is 0.517. The van der Waals surface area contributed by atoms with Crippen molar-refractivity contribution in [3.63, 3.8) is 0 Å². The molecule has 0 unspecified atom stereocenters. The van der Waals surface area contributed by atoms with Crippen LogP contribution in [0, 0.1) is 0 Å². The van der Waals surface area contributed by atoms with Gasteiger partial charge in [0.25, 0.3) is 0 Å². The monoisotopic (exact) mass is 290 g/mol. The topological polar surface area (TPSA) is 34.1 Å². The molecule has 0 amide bonds. The largest absolute Gasteiger partial charge is 0.489 e. The molecular weight excluding hydrogens is 272 g/mol. The number of nitrogens with zero attached hydrogens (tertiary/aromatic N) is 1. The van der Waals surface area contributed by atoms with E-state index in [1.54, 1.807) is 12.4 Å². The predicted octanol–water partition coefficient (Wildman–Crippen LogP) is 3.81. The van der Waals surface area contributed by atoms with E-state index in [2.05, 4.69) is 17.2 Å². The third kappa shape index (κ3) is 4.22. The number of hydrogen-bond acceptors (Lipinski definition) is 3. The Morgan fingerprint density at radius 2 is 2.00 bits per heavy atom. The predicted molar refractivity (Wildman–Crippen MR) is 82.0 cm³/mol. The van der Waals surface area contributed by atoms with E-state index < -0.39 is 0 Å². The summed E-state index contributed by atoms with van der Waals surface area (Å²) in [4.78, 5) is 4.00. The first kappa shape index (κ1) is 14.8. The SMILES string of the molecule is CCCNCc1c(Cl)cccc1OCc1ccncc1. The highest BCUT2D eigenvalue weighted by atomic mass is 35.5. The van der Waals surface area contributed by atoms with Gasteiger partial charge in [-0.2, -0.15) is 0 Å². The summed E-state index contributed by atoms with van der Waals surface area (Å²) in [6.45, 7) is 4.35. The average molecular weight is 291 g/mol. The van der Waals surface area contributed by atoms with E-state index in [0.29, 0.717) is 6.61 Å². The van der Waals surface area contributed by atoms with Crippen molar-refractivity contribution >= 4 is 11.6 Å². The number of pyridine rings is 1. The van der Waals surface area contributed by atoms with Crippen molar-refractivity contribution in [2.24, 2.45) is 0 Å². The van der Waals surface area contributed by atoms with Crippen LogP contribution in [0.2, 0.25) is 5.02 Å². The maximum Gasteiger partial charge on any atom is 0.125 e. The highest BCUT2D eigenvalue weighted by Crippen LogP contribution is 2.27. The molecule has 0 fully saturated rings. The van der Waals surface area contributed by atoms with Crippen LogP contribution in [0.25, 0.3) is 0 Å². The van der Waals surface area contributed by atoms with Crippen LogP contribution in [0.3, 0.4) is 0 Å². The van der Waals surface area contributed by atoms with E-state index in [9.17, 15) is 0 Å². The summed E-state index contributed by atoms with van der Waals surface area (Å²) in [5.41, 5.74) is 2.10. The highest BCUT2D eigenvalue weighted by Gasteiger charge is 2.08. The zero-order valence-corrected chi connectivity index (χ0v) is 12.4. The summed E-state index contributed by atoms with van der Waals surface area (Å²) in [6.07, 6.45) is 4.62. The Hall–Kier alpha value is -1.58. The first-order chi connectivity index (χ1) is 9.81. The van der Waals surface area contributed by atoms with Crippen molar-refractivity contribution in [2.45, 2.75) is 26.5 Å². The Labute approximate surface area is 124 Å². The first-order valence-corrected chi connectivity index (χ1v) is 7.19. The van der Waals surface area contributed by atoms with E-state index in [4.69, 9.17) is 16.3 Å². The van der Waals surface area contributed by atoms with Crippen molar-refractivity contribution in [3.05, 3.63) is 58.9 Å². The molecule has 4 heteroatoms. The Balaban J connectivity index is 2.04. The molecule has 0 aliphatic carbocycles. The molecule has 2 aromatic rings. The molecule has 1 heterocycles. The molecule has 1 N–H and O–H groups in total. The number of rotatable bonds is 7. The molecule has 0 bridgehead atoms. The van der Waals surface area contributed by atoms with Gasteiger partial charge >= 0.3 is 0 Å². The lowest BCUT2D eigenvalue weighted by Gasteiger charge is -2.13. The Kier molecular flexibility index (Phi) is 5.84. The second-order valence-electron chi connectivity index (χ2n) is 4.54. The van der Waals surface area contributed by atoms with Gasteiger partial charge in [0.2, 0.25) is 0 Å². The third-order valence-corrected chi connectivity index (χ3v) is 3.30. The van der Waals surface area contributed by atoms with E-state index in [1.165, 1.54) is 0 Å². The molecule has 0 spiro atoms.